The van der Waals surface area contributed by atoms with Crippen molar-refractivity contribution in [1.82, 2.24) is 15.2 Å². The maximum absolute atomic E-state index is 12.4. The van der Waals surface area contributed by atoms with Gasteiger partial charge in [0, 0.05) is 25.0 Å². The van der Waals surface area contributed by atoms with Crippen LogP contribution in [0.2, 0.25) is 0 Å². The average molecular weight is 313 g/mol. The third-order valence-electron chi connectivity index (χ3n) is 3.97. The molecule has 0 aromatic carbocycles. The zero-order chi connectivity index (χ0) is 15.9. The van der Waals surface area contributed by atoms with Gasteiger partial charge in [-0.15, -0.1) is 0 Å². The summed E-state index contributed by atoms with van der Waals surface area (Å²) >= 11 is 0. The second kappa shape index (κ2) is 5.66. The number of nitrogens with one attached hydrogen (secondary N) is 1. The lowest BCUT2D eigenvalue weighted by atomic mass is 10.2. The molecule has 0 unspecified atom stereocenters. The van der Waals surface area contributed by atoms with Crippen molar-refractivity contribution < 1.29 is 22.8 Å². The maximum Gasteiger partial charge on any atom is 0.315 e. The number of hydrogen-bond acceptors (Lipinski definition) is 4. The molecule has 120 valence electrons. The normalized spacial score (nSPS) is 21.5. The van der Waals surface area contributed by atoms with Gasteiger partial charge in [0.2, 0.25) is 5.76 Å². The van der Waals surface area contributed by atoms with E-state index in [-0.39, 0.29) is 24.9 Å². The number of halogens is 2. The van der Waals surface area contributed by atoms with Gasteiger partial charge in [0.25, 0.3) is 11.8 Å². The Hall–Kier alpha value is -1.99. The molecule has 0 radical (unpaired) electrons. The number of nitrogens with zero attached hydrogens (tertiary/aromatic N) is 2. The van der Waals surface area contributed by atoms with E-state index in [9.17, 15) is 18.4 Å². The standard InChI is InChI=1S/C14H17F2N3O3/c1-7-10(22-13(17-7)8-2-3-8)12(20)18-9-4-5-19(6-9)14(21)11(15)16/h8-9,11H,2-6H2,1H3,(H,18,20)/t9-/m0/s1. The minimum absolute atomic E-state index is 0.0948. The van der Waals surface area contributed by atoms with E-state index in [0.29, 0.717) is 23.9 Å². The first-order chi connectivity index (χ1) is 10.5. The third kappa shape index (κ3) is 2.95. The first kappa shape index (κ1) is 14.9. The van der Waals surface area contributed by atoms with Crippen molar-refractivity contribution in [2.75, 3.05) is 13.1 Å². The third-order valence-corrected chi connectivity index (χ3v) is 3.97. The van der Waals surface area contributed by atoms with Gasteiger partial charge in [-0.25, -0.2) is 4.98 Å². The Balaban J connectivity index is 1.59. The van der Waals surface area contributed by atoms with E-state index in [1.807, 2.05) is 0 Å². The summed E-state index contributed by atoms with van der Waals surface area (Å²) in [6.07, 6.45) is -0.512. The minimum Gasteiger partial charge on any atom is -0.435 e. The molecule has 3 rings (SSSR count). The van der Waals surface area contributed by atoms with Gasteiger partial charge >= 0.3 is 6.43 Å². The molecule has 22 heavy (non-hydrogen) atoms. The Labute approximate surface area is 125 Å². The van der Waals surface area contributed by atoms with E-state index in [1.165, 1.54) is 0 Å². The molecule has 1 atom stereocenters. The number of amides is 2. The first-order valence-electron chi connectivity index (χ1n) is 7.31. The second-order valence-corrected chi connectivity index (χ2v) is 5.78. The van der Waals surface area contributed by atoms with Gasteiger partial charge in [-0.3, -0.25) is 9.59 Å². The summed E-state index contributed by atoms with van der Waals surface area (Å²) in [4.78, 5) is 28.7. The highest BCUT2D eigenvalue weighted by molar-refractivity contribution is 5.92. The summed E-state index contributed by atoms with van der Waals surface area (Å²) in [7, 11) is 0. The molecule has 8 heteroatoms. The smallest absolute Gasteiger partial charge is 0.315 e. The number of rotatable bonds is 4. The van der Waals surface area contributed by atoms with Crippen molar-refractivity contribution in [3.63, 3.8) is 0 Å². The molecule has 1 aliphatic heterocycles. The molecule has 1 aliphatic carbocycles. The van der Waals surface area contributed by atoms with Gasteiger partial charge in [-0.1, -0.05) is 0 Å². The predicted octanol–water partition coefficient (Wildman–Crippen LogP) is 1.46. The fraction of sp³-hybridized carbons (Fsp3) is 0.643. The van der Waals surface area contributed by atoms with Crippen LogP contribution in [-0.4, -0.2) is 47.3 Å². The summed E-state index contributed by atoms with van der Waals surface area (Å²) in [5.74, 6) is -0.535. The number of alkyl halides is 2. The SMILES string of the molecule is Cc1nc(C2CC2)oc1C(=O)N[C@H]1CCN(C(=O)C(F)F)C1. The van der Waals surface area contributed by atoms with Crippen LogP contribution in [0.5, 0.6) is 0 Å². The van der Waals surface area contributed by atoms with Gasteiger partial charge in [0.1, 0.15) is 0 Å². The van der Waals surface area contributed by atoms with Crippen LogP contribution in [-0.2, 0) is 4.79 Å². The van der Waals surface area contributed by atoms with E-state index < -0.39 is 18.2 Å². The molecule has 2 fully saturated rings. The molecule has 0 spiro atoms. The van der Waals surface area contributed by atoms with Gasteiger partial charge in [-0.05, 0) is 26.2 Å². The van der Waals surface area contributed by atoms with Crippen molar-refractivity contribution in [2.45, 2.75) is 44.6 Å². The fourth-order valence-corrected chi connectivity index (χ4v) is 2.60. The molecule has 2 heterocycles. The highest BCUT2D eigenvalue weighted by Gasteiger charge is 2.34. The molecule has 0 bridgehead atoms. The van der Waals surface area contributed by atoms with Crippen LogP contribution in [0.4, 0.5) is 8.78 Å². The average Bonchev–Trinajstić information content (AvgIpc) is 3.10. The van der Waals surface area contributed by atoms with E-state index >= 15 is 0 Å². The zero-order valence-corrected chi connectivity index (χ0v) is 12.1. The second-order valence-electron chi connectivity index (χ2n) is 5.78. The van der Waals surface area contributed by atoms with Crippen LogP contribution in [0, 0.1) is 6.92 Å². The van der Waals surface area contributed by atoms with E-state index in [1.54, 1.807) is 6.92 Å². The predicted molar refractivity (Wildman–Crippen MR) is 71.7 cm³/mol. The van der Waals surface area contributed by atoms with E-state index in [0.717, 1.165) is 17.7 Å². The molecule has 1 N–H and O–H groups in total. The Morgan fingerprint density at radius 2 is 2.09 bits per heavy atom. The number of carbonyl (C=O) groups excluding carboxylic acids is 2. The Morgan fingerprint density at radius 3 is 2.73 bits per heavy atom. The van der Waals surface area contributed by atoms with E-state index in [4.69, 9.17) is 4.42 Å². The largest absolute Gasteiger partial charge is 0.435 e. The maximum atomic E-state index is 12.4. The van der Waals surface area contributed by atoms with Gasteiger partial charge in [-0.2, -0.15) is 8.78 Å². The van der Waals surface area contributed by atoms with Gasteiger partial charge < -0.3 is 14.6 Å². The lowest BCUT2D eigenvalue weighted by Gasteiger charge is -2.16. The lowest BCUT2D eigenvalue weighted by Crippen LogP contribution is -2.40. The number of aromatic nitrogens is 1. The number of likely N-dealkylation sites (tertiary alicyclic amines) is 1. The van der Waals surface area contributed by atoms with Crippen LogP contribution in [0.1, 0.15) is 47.3 Å². The van der Waals surface area contributed by atoms with Crippen molar-refractivity contribution in [2.24, 2.45) is 0 Å². The van der Waals surface area contributed by atoms with Crippen LogP contribution in [0.15, 0.2) is 4.42 Å². The van der Waals surface area contributed by atoms with Crippen LogP contribution < -0.4 is 5.32 Å². The Kier molecular flexibility index (Phi) is 3.84. The highest BCUT2D eigenvalue weighted by Crippen LogP contribution is 2.40. The number of carbonyl (C=O) groups is 2. The summed E-state index contributed by atoms with van der Waals surface area (Å²) in [6.45, 7) is 2.01. The minimum atomic E-state index is -3.01. The molecule has 6 nitrogen and oxygen atoms in total. The van der Waals surface area contributed by atoms with Crippen molar-refractivity contribution in [1.29, 1.82) is 0 Å². The summed E-state index contributed by atoms with van der Waals surface area (Å²) in [5.41, 5.74) is 0.526. The molecular formula is C14H17F2N3O3. The number of aryl methyl sites for hydroxylation is 1. The van der Waals surface area contributed by atoms with Gasteiger partial charge in [0.15, 0.2) is 5.89 Å². The van der Waals surface area contributed by atoms with Crippen molar-refractivity contribution >= 4 is 11.8 Å². The molecule has 2 amide bonds. The van der Waals surface area contributed by atoms with Crippen molar-refractivity contribution in [3.8, 4) is 0 Å². The molecule has 2 aliphatic rings. The summed E-state index contributed by atoms with van der Waals surface area (Å²) < 4.78 is 30.2. The van der Waals surface area contributed by atoms with Crippen LogP contribution >= 0.6 is 0 Å². The molecular weight excluding hydrogens is 296 g/mol. The monoisotopic (exact) mass is 313 g/mol. The Morgan fingerprint density at radius 1 is 1.36 bits per heavy atom. The highest BCUT2D eigenvalue weighted by atomic mass is 19.3. The lowest BCUT2D eigenvalue weighted by molar-refractivity contribution is -0.141. The number of oxazole rings is 1. The van der Waals surface area contributed by atoms with Gasteiger partial charge in [0.05, 0.1) is 5.69 Å². The molecule has 1 saturated heterocycles. The Bertz CT molecular complexity index is 598. The number of hydrogen-bond donors (Lipinski definition) is 1. The topological polar surface area (TPSA) is 75.4 Å². The fourth-order valence-electron chi connectivity index (χ4n) is 2.60. The van der Waals surface area contributed by atoms with E-state index in [2.05, 4.69) is 10.3 Å². The molecule has 1 aromatic heterocycles. The zero-order valence-electron chi connectivity index (χ0n) is 12.1. The quantitative estimate of drug-likeness (QED) is 0.913. The summed E-state index contributed by atoms with van der Waals surface area (Å²) in [5, 5.41) is 2.72. The first-order valence-corrected chi connectivity index (χ1v) is 7.31. The van der Waals surface area contributed by atoms with Crippen LogP contribution in [0.3, 0.4) is 0 Å². The van der Waals surface area contributed by atoms with Crippen molar-refractivity contribution in [3.05, 3.63) is 17.3 Å². The molecule has 1 saturated carbocycles. The molecule has 1 aromatic rings. The summed E-state index contributed by atoms with van der Waals surface area (Å²) in [6, 6.07) is -0.343. The van der Waals surface area contributed by atoms with Crippen LogP contribution in [0.25, 0.3) is 0 Å².